The SMILES string of the molecule is CCC(C)C(NC(=O)C(NC(=O)C(N)CS)C(C)C)C(=O)NC(CC(=O)O)C(=O)O. The van der Waals surface area contributed by atoms with Gasteiger partial charge < -0.3 is 31.9 Å². The van der Waals surface area contributed by atoms with Gasteiger partial charge in [-0.15, -0.1) is 0 Å². The maximum atomic E-state index is 12.8. The maximum absolute atomic E-state index is 12.8. The minimum atomic E-state index is -1.65. The molecule has 5 atom stereocenters. The van der Waals surface area contributed by atoms with E-state index in [0.717, 1.165) is 0 Å². The number of amides is 3. The third-order valence-corrected chi connectivity index (χ3v) is 4.96. The summed E-state index contributed by atoms with van der Waals surface area (Å²) in [6, 6.07) is -4.68. The van der Waals surface area contributed by atoms with Crippen molar-refractivity contribution in [3.63, 3.8) is 0 Å². The first-order valence-electron chi connectivity index (χ1n) is 9.57. The topological polar surface area (TPSA) is 188 Å². The molecule has 172 valence electrons. The van der Waals surface area contributed by atoms with E-state index < -0.39 is 66.2 Å². The van der Waals surface area contributed by atoms with E-state index in [9.17, 15) is 24.0 Å². The summed E-state index contributed by atoms with van der Waals surface area (Å²) in [6.07, 6.45) is -0.340. The Hall–Kier alpha value is -2.34. The highest BCUT2D eigenvalue weighted by molar-refractivity contribution is 7.80. The normalized spacial score (nSPS) is 16.0. The van der Waals surface area contributed by atoms with Gasteiger partial charge in [0, 0.05) is 5.75 Å². The van der Waals surface area contributed by atoms with E-state index >= 15 is 0 Å². The summed E-state index contributed by atoms with van der Waals surface area (Å²) in [5.74, 6) is -5.59. The van der Waals surface area contributed by atoms with E-state index in [1.165, 1.54) is 0 Å². The molecule has 0 aliphatic rings. The molecule has 0 aromatic rings. The van der Waals surface area contributed by atoms with Gasteiger partial charge in [-0.25, -0.2) is 4.79 Å². The van der Waals surface area contributed by atoms with Crippen LogP contribution in [-0.2, 0) is 24.0 Å². The zero-order valence-corrected chi connectivity index (χ0v) is 18.4. The molecule has 0 radical (unpaired) electrons. The van der Waals surface area contributed by atoms with Crippen LogP contribution >= 0.6 is 12.6 Å². The van der Waals surface area contributed by atoms with E-state index in [1.54, 1.807) is 27.7 Å². The van der Waals surface area contributed by atoms with Crippen molar-refractivity contribution in [3.8, 4) is 0 Å². The van der Waals surface area contributed by atoms with Crippen LogP contribution < -0.4 is 21.7 Å². The van der Waals surface area contributed by atoms with Crippen molar-refractivity contribution < 1.29 is 34.2 Å². The Balaban J connectivity index is 5.49. The minimum absolute atomic E-state index is 0.0797. The molecule has 5 unspecified atom stereocenters. The summed E-state index contributed by atoms with van der Waals surface area (Å²) in [6.45, 7) is 6.85. The fourth-order valence-corrected chi connectivity index (χ4v) is 2.63. The first kappa shape index (κ1) is 27.7. The molecule has 0 aliphatic carbocycles. The fourth-order valence-electron chi connectivity index (χ4n) is 2.46. The lowest BCUT2D eigenvalue weighted by Gasteiger charge is -2.29. The standard InChI is InChI=1S/C18H32N4O7S/c1-5-9(4)14(17(27)20-11(18(28)29)6-12(23)24)22-16(26)13(8(2)3)21-15(25)10(19)7-30/h8-11,13-14,30H,5-7,19H2,1-4H3,(H,20,27)(H,21,25)(H,22,26)(H,23,24)(H,28,29). The predicted octanol–water partition coefficient (Wildman–Crippen LogP) is -1.04. The van der Waals surface area contributed by atoms with Crippen molar-refractivity contribution in [3.05, 3.63) is 0 Å². The molecule has 0 heterocycles. The van der Waals surface area contributed by atoms with Crippen LogP contribution in [0.1, 0.15) is 40.5 Å². The first-order chi connectivity index (χ1) is 13.8. The third kappa shape index (κ3) is 8.99. The quantitative estimate of drug-likeness (QED) is 0.174. The molecule has 0 rings (SSSR count). The Kier molecular flexibility index (Phi) is 12.0. The van der Waals surface area contributed by atoms with Gasteiger partial charge in [0.2, 0.25) is 17.7 Å². The Morgan fingerprint density at radius 1 is 0.900 bits per heavy atom. The van der Waals surface area contributed by atoms with Crippen LogP contribution in [0.4, 0.5) is 0 Å². The van der Waals surface area contributed by atoms with Gasteiger partial charge in [-0.3, -0.25) is 19.2 Å². The minimum Gasteiger partial charge on any atom is -0.481 e. The number of carboxylic acid groups (broad SMARTS) is 2. The highest BCUT2D eigenvalue weighted by Gasteiger charge is 2.34. The van der Waals surface area contributed by atoms with Gasteiger partial charge in [-0.2, -0.15) is 12.6 Å². The molecule has 0 aromatic heterocycles. The van der Waals surface area contributed by atoms with Crippen molar-refractivity contribution in [2.45, 2.75) is 64.7 Å². The molecule has 12 heteroatoms. The molecule has 0 saturated heterocycles. The van der Waals surface area contributed by atoms with Gasteiger partial charge in [0.05, 0.1) is 12.5 Å². The monoisotopic (exact) mass is 448 g/mol. The van der Waals surface area contributed by atoms with Crippen LogP contribution in [0, 0.1) is 11.8 Å². The van der Waals surface area contributed by atoms with Crippen molar-refractivity contribution in [2.75, 3.05) is 5.75 Å². The van der Waals surface area contributed by atoms with Crippen molar-refractivity contribution in [2.24, 2.45) is 17.6 Å². The second-order valence-corrected chi connectivity index (χ2v) is 7.75. The molecule has 7 N–H and O–H groups in total. The molecule has 11 nitrogen and oxygen atoms in total. The van der Waals surface area contributed by atoms with E-state index in [-0.39, 0.29) is 11.7 Å². The second kappa shape index (κ2) is 13.1. The molecule has 0 aliphatic heterocycles. The van der Waals surface area contributed by atoms with E-state index in [0.29, 0.717) is 6.42 Å². The Labute approximate surface area is 180 Å². The number of nitrogens with one attached hydrogen (secondary N) is 3. The highest BCUT2D eigenvalue weighted by Crippen LogP contribution is 2.11. The summed E-state index contributed by atoms with van der Waals surface area (Å²) in [5, 5.41) is 25.2. The summed E-state index contributed by atoms with van der Waals surface area (Å²) in [4.78, 5) is 59.6. The van der Waals surface area contributed by atoms with Crippen LogP contribution in [0.25, 0.3) is 0 Å². The molecule has 30 heavy (non-hydrogen) atoms. The number of thiol groups is 1. The lowest BCUT2D eigenvalue weighted by Crippen LogP contribution is -2.60. The smallest absolute Gasteiger partial charge is 0.326 e. The molecule has 0 saturated carbocycles. The number of hydrogen-bond acceptors (Lipinski definition) is 7. The Morgan fingerprint density at radius 3 is 1.80 bits per heavy atom. The van der Waals surface area contributed by atoms with Gasteiger partial charge in [-0.1, -0.05) is 34.1 Å². The number of rotatable bonds is 13. The predicted molar refractivity (Wildman–Crippen MR) is 112 cm³/mol. The summed E-state index contributed by atoms with van der Waals surface area (Å²) < 4.78 is 0. The Bertz CT molecular complexity index is 644. The van der Waals surface area contributed by atoms with Crippen LogP contribution in [0.2, 0.25) is 0 Å². The van der Waals surface area contributed by atoms with Crippen molar-refractivity contribution >= 4 is 42.3 Å². The molecular weight excluding hydrogens is 416 g/mol. The summed E-state index contributed by atoms with van der Waals surface area (Å²) in [5.41, 5.74) is 5.62. The van der Waals surface area contributed by atoms with E-state index in [1.807, 2.05) is 0 Å². The van der Waals surface area contributed by atoms with Gasteiger partial charge in [-0.05, 0) is 11.8 Å². The summed E-state index contributed by atoms with van der Waals surface area (Å²) >= 11 is 3.95. The average molecular weight is 449 g/mol. The van der Waals surface area contributed by atoms with E-state index in [4.69, 9.17) is 15.9 Å². The lowest BCUT2D eigenvalue weighted by molar-refractivity contribution is -0.147. The summed E-state index contributed by atoms with van der Waals surface area (Å²) in [7, 11) is 0. The molecular formula is C18H32N4O7S. The van der Waals surface area contributed by atoms with Crippen molar-refractivity contribution in [1.82, 2.24) is 16.0 Å². The number of carbonyl (C=O) groups is 5. The Morgan fingerprint density at radius 2 is 1.40 bits per heavy atom. The molecule has 0 bridgehead atoms. The van der Waals surface area contributed by atoms with Crippen LogP contribution in [0.5, 0.6) is 0 Å². The zero-order valence-electron chi connectivity index (χ0n) is 17.5. The largest absolute Gasteiger partial charge is 0.481 e. The number of aliphatic carboxylic acids is 2. The first-order valence-corrected chi connectivity index (χ1v) is 10.2. The maximum Gasteiger partial charge on any atom is 0.326 e. The van der Waals surface area contributed by atoms with Gasteiger partial charge in [0.25, 0.3) is 0 Å². The number of carbonyl (C=O) groups excluding carboxylic acids is 3. The molecule has 0 fully saturated rings. The second-order valence-electron chi connectivity index (χ2n) is 7.39. The highest BCUT2D eigenvalue weighted by atomic mass is 32.1. The van der Waals surface area contributed by atoms with Crippen molar-refractivity contribution in [1.29, 1.82) is 0 Å². The molecule has 0 spiro atoms. The van der Waals surface area contributed by atoms with Crippen LogP contribution in [-0.4, -0.2) is 69.8 Å². The fraction of sp³-hybridized carbons (Fsp3) is 0.722. The van der Waals surface area contributed by atoms with Crippen LogP contribution in [0.3, 0.4) is 0 Å². The number of hydrogen-bond donors (Lipinski definition) is 7. The number of carboxylic acids is 2. The van der Waals surface area contributed by atoms with E-state index in [2.05, 4.69) is 28.6 Å². The third-order valence-electron chi connectivity index (χ3n) is 4.57. The lowest BCUT2D eigenvalue weighted by atomic mass is 9.96. The number of nitrogens with two attached hydrogens (primary N) is 1. The van der Waals surface area contributed by atoms with Crippen LogP contribution in [0.15, 0.2) is 0 Å². The van der Waals surface area contributed by atoms with Gasteiger partial charge in [0.1, 0.15) is 18.1 Å². The molecule has 0 aromatic carbocycles. The average Bonchev–Trinajstić information content (AvgIpc) is 2.66. The molecule has 3 amide bonds. The zero-order chi connectivity index (χ0) is 23.6. The van der Waals surface area contributed by atoms with Gasteiger partial charge >= 0.3 is 11.9 Å². The van der Waals surface area contributed by atoms with Gasteiger partial charge in [0.15, 0.2) is 0 Å².